The van der Waals surface area contributed by atoms with Gasteiger partial charge in [-0.2, -0.15) is 4.98 Å². The van der Waals surface area contributed by atoms with E-state index in [1.54, 1.807) is 39.0 Å². The van der Waals surface area contributed by atoms with E-state index < -0.39 is 107 Å². The predicted molar refractivity (Wildman–Crippen MR) is 235 cm³/mol. The number of benzene rings is 1. The number of aliphatic hydroxyl groups is 1. The number of rotatable bonds is 20. The summed E-state index contributed by atoms with van der Waals surface area (Å²) in [5.41, 5.74) is 19.3. The van der Waals surface area contributed by atoms with Gasteiger partial charge < -0.3 is 65.6 Å². The Morgan fingerprint density at radius 3 is 2.49 bits per heavy atom. The fraction of sp³-hybridized carbons (Fsp3) is 0.514. The van der Waals surface area contributed by atoms with Crippen molar-refractivity contribution in [1.29, 1.82) is 0 Å². The predicted octanol–water partition coefficient (Wildman–Crippen LogP) is 1.86. The molecule has 0 radical (unpaired) electrons. The van der Waals surface area contributed by atoms with Gasteiger partial charge in [-0.25, -0.2) is 43.3 Å². The zero-order valence-corrected chi connectivity index (χ0v) is 39.1. The van der Waals surface area contributed by atoms with Crippen molar-refractivity contribution in [2.45, 2.75) is 101 Å². The Morgan fingerprint density at radius 2 is 1.77 bits per heavy atom. The smallest absolute Gasteiger partial charge is 0.455 e. The maximum absolute atomic E-state index is 14.1. The molecule has 2 saturated heterocycles. The van der Waals surface area contributed by atoms with Gasteiger partial charge in [-0.05, 0) is 50.8 Å². The molecule has 33 heteroatoms. The summed E-state index contributed by atoms with van der Waals surface area (Å²) in [7, 11) is -10.4. The van der Waals surface area contributed by atoms with Crippen LogP contribution in [0.25, 0.3) is 21.6 Å². The van der Waals surface area contributed by atoms with Crippen LogP contribution in [0.4, 0.5) is 26.9 Å². The van der Waals surface area contributed by atoms with E-state index in [1.165, 1.54) is 29.2 Å². The lowest BCUT2D eigenvalue weighted by atomic mass is 10.1. The highest BCUT2D eigenvalue weighted by atomic mass is 31.2. The molecular formula is C37H49N13O18P2. The van der Waals surface area contributed by atoms with Crippen LogP contribution in [-0.4, -0.2) is 129 Å². The van der Waals surface area contributed by atoms with Crippen LogP contribution in [-0.2, 0) is 57.8 Å². The number of ether oxygens (including phenoxy) is 5. The van der Waals surface area contributed by atoms with Crippen LogP contribution in [0.2, 0.25) is 0 Å². The number of hydrogen-bond acceptors (Lipinski definition) is 22. The standard InChI is InChI=1S/C37H49N13O18P2/c1-37(2,3)67-36(55)45-21(9-6-11-41-35(54)61-14-19-7-4-5-8-20(19)47-48-40)33(52)66-29-24(65-32(28(29)51)50-18-44-27-30(39)42-17-43-31(27)50)16-63-70(59,60)68-22-13-26(49-12-10-25(38)46-34(49)53)64-23(22)15-62-69(56,57)58/h4-5,7-8,10,12,17-18,21-24,26,28-29,32,51H,6,9,11,13-16H2,1-3H3,(H,41,54)(H,45,55)(H,59,60)(H2,38,46,53)(H2,39,42,43)(H2,56,57,58)/t21?,22-,23+,24-,26+,28+,29+,32+/m0/s1. The second-order valence-electron chi connectivity index (χ2n) is 16.3. The molecule has 0 spiro atoms. The molecule has 4 aromatic rings. The molecule has 3 aromatic heterocycles. The number of carbonyl (C=O) groups is 3. The average molecular weight is 1030 g/mol. The molecule has 2 aliphatic rings. The Balaban J connectivity index is 1.18. The molecular weight excluding hydrogens is 976 g/mol. The quantitative estimate of drug-likeness (QED) is 0.0119. The second kappa shape index (κ2) is 22.6. The van der Waals surface area contributed by atoms with E-state index in [1.807, 2.05) is 0 Å². The molecule has 9 atom stereocenters. The van der Waals surface area contributed by atoms with E-state index >= 15 is 0 Å². The average Bonchev–Trinajstić information content (AvgIpc) is 3.97. The minimum absolute atomic E-state index is 0.0153. The Morgan fingerprint density at radius 1 is 1.03 bits per heavy atom. The van der Waals surface area contributed by atoms with Crippen LogP contribution >= 0.6 is 15.6 Å². The highest BCUT2D eigenvalue weighted by Gasteiger charge is 2.50. The number of fused-ring (bicyclic) bond motifs is 1. The highest BCUT2D eigenvalue weighted by Crippen LogP contribution is 2.50. The summed E-state index contributed by atoms with van der Waals surface area (Å²) in [6.45, 7) is 2.54. The third-order valence-corrected chi connectivity index (χ3v) is 11.6. The van der Waals surface area contributed by atoms with Crippen molar-refractivity contribution >= 4 is 62.3 Å². The first-order valence-electron chi connectivity index (χ1n) is 20.9. The SMILES string of the molecule is CC(C)(C)OC(=O)NC(CCCNC(=O)OCc1ccccc1N=[N+]=[N-])C(=O)O[C@H]1[C@@H](O)[C@H](n2cnc3c(N)ncnc32)O[C@H]1COP(=O)(O)O[C@H]1C[C@H](n2ccc(N)nc2=O)O[C@@H]1COP(=O)(O)O. The number of phosphoric acid groups is 2. The molecule has 2 aliphatic heterocycles. The van der Waals surface area contributed by atoms with Crippen LogP contribution < -0.4 is 27.8 Å². The van der Waals surface area contributed by atoms with Crippen molar-refractivity contribution in [2.24, 2.45) is 5.11 Å². The van der Waals surface area contributed by atoms with Crippen molar-refractivity contribution < 1.29 is 80.6 Å². The molecule has 2 amide bonds. The number of nitrogens with zero attached hydrogens (tertiary/aromatic N) is 9. The molecule has 10 N–H and O–H groups in total. The summed E-state index contributed by atoms with van der Waals surface area (Å²) in [4.78, 5) is 100. The van der Waals surface area contributed by atoms with Gasteiger partial charge in [0, 0.05) is 29.8 Å². The maximum Gasteiger partial charge on any atom is 0.472 e. The van der Waals surface area contributed by atoms with Gasteiger partial charge in [0.2, 0.25) is 0 Å². The summed E-state index contributed by atoms with van der Waals surface area (Å²) >= 11 is 0. The van der Waals surface area contributed by atoms with Crippen molar-refractivity contribution in [2.75, 3.05) is 31.2 Å². The minimum atomic E-state index is -5.30. The minimum Gasteiger partial charge on any atom is -0.455 e. The number of nitrogens with one attached hydrogen (secondary N) is 2. The number of aromatic nitrogens is 6. The number of esters is 1. The maximum atomic E-state index is 14.1. The van der Waals surface area contributed by atoms with Crippen molar-refractivity contribution in [3.05, 3.63) is 75.7 Å². The van der Waals surface area contributed by atoms with Crippen molar-refractivity contribution in [1.82, 2.24) is 39.7 Å². The lowest BCUT2D eigenvalue weighted by molar-refractivity contribution is -0.159. The Hall–Kier alpha value is -6.33. The van der Waals surface area contributed by atoms with Crippen molar-refractivity contribution in [3.8, 4) is 0 Å². The van der Waals surface area contributed by atoms with E-state index in [0.29, 0.717) is 5.56 Å². The molecule has 0 aliphatic carbocycles. The number of phosphoric ester groups is 2. The molecule has 70 heavy (non-hydrogen) atoms. The third kappa shape index (κ3) is 14.4. The van der Waals surface area contributed by atoms with Gasteiger partial charge in [-0.3, -0.25) is 22.7 Å². The number of nitrogen functional groups attached to an aromatic ring is 2. The largest absolute Gasteiger partial charge is 0.472 e. The second-order valence-corrected chi connectivity index (χ2v) is 18.9. The van der Waals surface area contributed by atoms with Crippen LogP contribution in [0.3, 0.4) is 0 Å². The van der Waals surface area contributed by atoms with Gasteiger partial charge >= 0.3 is 39.5 Å². The first-order valence-corrected chi connectivity index (χ1v) is 23.9. The number of nitrogens with two attached hydrogens (primary N) is 2. The molecule has 31 nitrogen and oxygen atoms in total. The summed E-state index contributed by atoms with van der Waals surface area (Å²) in [5, 5.41) is 20.2. The van der Waals surface area contributed by atoms with Crippen LogP contribution in [0.5, 0.6) is 0 Å². The molecule has 1 aromatic carbocycles. The van der Waals surface area contributed by atoms with E-state index in [2.05, 4.69) is 45.1 Å². The lowest BCUT2D eigenvalue weighted by Crippen LogP contribution is -2.48. The first-order chi connectivity index (χ1) is 33.0. The van der Waals surface area contributed by atoms with E-state index in [0.717, 1.165) is 10.9 Å². The molecule has 5 heterocycles. The molecule has 2 fully saturated rings. The summed E-state index contributed by atoms with van der Waals surface area (Å²) in [6.07, 6.45) is -9.95. The van der Waals surface area contributed by atoms with Crippen LogP contribution in [0.15, 0.2) is 59.1 Å². The molecule has 380 valence electrons. The van der Waals surface area contributed by atoms with Gasteiger partial charge in [0.05, 0.1) is 19.5 Å². The molecule has 0 bridgehead atoms. The highest BCUT2D eigenvalue weighted by molar-refractivity contribution is 7.47. The monoisotopic (exact) mass is 1030 g/mol. The number of azide groups is 1. The summed E-state index contributed by atoms with van der Waals surface area (Å²) < 4.78 is 70.8. The van der Waals surface area contributed by atoms with E-state index in [-0.39, 0.29) is 60.9 Å². The van der Waals surface area contributed by atoms with Gasteiger partial charge in [0.25, 0.3) is 0 Å². The number of imidazole rings is 1. The normalized spacial score (nSPS) is 22.6. The Bertz CT molecular complexity index is 2730. The molecule has 6 rings (SSSR count). The summed E-state index contributed by atoms with van der Waals surface area (Å²) in [6, 6.07) is 6.16. The summed E-state index contributed by atoms with van der Waals surface area (Å²) in [5.74, 6) is -1.33. The van der Waals surface area contributed by atoms with Crippen LogP contribution in [0, 0.1) is 0 Å². The van der Waals surface area contributed by atoms with Gasteiger partial charge in [-0.15, -0.1) is 0 Å². The molecule has 0 saturated carbocycles. The van der Waals surface area contributed by atoms with E-state index in [4.69, 9.17) is 49.7 Å². The van der Waals surface area contributed by atoms with Gasteiger partial charge in [-0.1, -0.05) is 29.4 Å². The van der Waals surface area contributed by atoms with Crippen molar-refractivity contribution in [3.63, 3.8) is 0 Å². The van der Waals surface area contributed by atoms with Crippen LogP contribution in [0.1, 0.15) is 58.1 Å². The van der Waals surface area contributed by atoms with Gasteiger partial charge in [0.1, 0.15) is 66.6 Å². The number of amides is 2. The Kier molecular flexibility index (Phi) is 17.1. The Labute approximate surface area is 395 Å². The van der Waals surface area contributed by atoms with E-state index in [9.17, 15) is 48.1 Å². The zero-order valence-electron chi connectivity index (χ0n) is 37.3. The first kappa shape index (κ1) is 53.0. The number of alkyl carbamates (subject to hydrolysis) is 2. The van der Waals surface area contributed by atoms with Gasteiger partial charge in [0.15, 0.2) is 23.8 Å². The number of aliphatic hydroxyl groups excluding tert-OH is 1. The number of hydrogen-bond donors (Lipinski definition) is 8. The topological polar surface area (TPSA) is 443 Å². The fourth-order valence-electron chi connectivity index (χ4n) is 6.99. The lowest BCUT2D eigenvalue weighted by Gasteiger charge is -2.26. The number of carbonyl (C=O) groups excluding carboxylic acids is 3. The fourth-order valence-corrected chi connectivity index (χ4v) is 8.29. The third-order valence-electron chi connectivity index (χ3n) is 10.1. The molecule has 2 unspecified atom stereocenters. The zero-order chi connectivity index (χ0) is 51.0. The number of anilines is 2.